The number of hydrogen-bond donors (Lipinski definition) is 2. The van der Waals surface area contributed by atoms with E-state index in [4.69, 9.17) is 21.1 Å². The Morgan fingerprint density at radius 1 is 1.12 bits per heavy atom. The van der Waals surface area contributed by atoms with Gasteiger partial charge in [0.15, 0.2) is 11.5 Å². The molecule has 2 aromatic carbocycles. The summed E-state index contributed by atoms with van der Waals surface area (Å²) in [4.78, 5) is 0. The zero-order chi connectivity index (χ0) is 17.5. The largest absolute Gasteiger partial charge is 0.490 e. The number of rotatable bonds is 8. The molecular formula is C17H18ClN5O2. The van der Waals surface area contributed by atoms with Gasteiger partial charge in [-0.1, -0.05) is 41.0 Å². The van der Waals surface area contributed by atoms with Crippen LogP contribution in [0.15, 0.2) is 42.5 Å². The molecular weight excluding hydrogens is 342 g/mol. The summed E-state index contributed by atoms with van der Waals surface area (Å²) < 4.78 is 11.6. The Balaban J connectivity index is 1.69. The van der Waals surface area contributed by atoms with Gasteiger partial charge in [-0.2, -0.15) is 5.21 Å². The van der Waals surface area contributed by atoms with E-state index in [-0.39, 0.29) is 0 Å². The van der Waals surface area contributed by atoms with Gasteiger partial charge < -0.3 is 14.8 Å². The molecule has 7 nitrogen and oxygen atoms in total. The second-order valence-corrected chi connectivity index (χ2v) is 5.59. The Morgan fingerprint density at radius 2 is 2.00 bits per heavy atom. The maximum absolute atomic E-state index is 6.17. The number of nitrogens with zero attached hydrogens (tertiary/aromatic N) is 3. The monoisotopic (exact) mass is 359 g/mol. The molecule has 0 aliphatic heterocycles. The molecule has 130 valence electrons. The number of tetrazole rings is 1. The molecule has 1 heterocycles. The molecule has 0 aliphatic carbocycles. The minimum atomic E-state index is 0.375. The maximum Gasteiger partial charge on any atom is 0.263 e. The second kappa shape index (κ2) is 8.34. The van der Waals surface area contributed by atoms with E-state index in [1.54, 1.807) is 0 Å². The van der Waals surface area contributed by atoms with Crippen molar-refractivity contribution in [2.75, 3.05) is 11.9 Å². The Labute approximate surface area is 150 Å². The Bertz CT molecular complexity index is 811. The number of benzene rings is 2. The smallest absolute Gasteiger partial charge is 0.263 e. The van der Waals surface area contributed by atoms with Crippen LogP contribution in [-0.2, 0) is 13.2 Å². The van der Waals surface area contributed by atoms with Crippen molar-refractivity contribution in [3.63, 3.8) is 0 Å². The molecule has 2 N–H and O–H groups in total. The van der Waals surface area contributed by atoms with Crippen molar-refractivity contribution < 1.29 is 9.47 Å². The van der Waals surface area contributed by atoms with Gasteiger partial charge in [0.1, 0.15) is 6.61 Å². The van der Waals surface area contributed by atoms with Gasteiger partial charge in [-0.3, -0.25) is 0 Å². The van der Waals surface area contributed by atoms with E-state index in [1.165, 1.54) is 0 Å². The van der Waals surface area contributed by atoms with Crippen molar-refractivity contribution in [2.24, 2.45) is 0 Å². The number of hydrogen-bond acceptors (Lipinski definition) is 6. The van der Waals surface area contributed by atoms with Crippen LogP contribution in [0.3, 0.4) is 0 Å². The van der Waals surface area contributed by atoms with E-state index >= 15 is 0 Å². The second-order valence-electron chi connectivity index (χ2n) is 5.18. The molecule has 3 aromatic rings. The lowest BCUT2D eigenvalue weighted by Crippen LogP contribution is -2.04. The first kappa shape index (κ1) is 17.0. The molecule has 0 unspecified atom stereocenters. The number of halogens is 1. The highest BCUT2D eigenvalue weighted by Gasteiger charge is 2.09. The van der Waals surface area contributed by atoms with Crippen LogP contribution in [0.4, 0.5) is 5.95 Å². The molecule has 0 bridgehead atoms. The summed E-state index contributed by atoms with van der Waals surface area (Å²) in [6.45, 7) is 3.40. The van der Waals surface area contributed by atoms with Crippen LogP contribution in [0.2, 0.25) is 5.02 Å². The number of ether oxygens (including phenoxy) is 2. The van der Waals surface area contributed by atoms with Crippen LogP contribution in [0, 0.1) is 0 Å². The van der Waals surface area contributed by atoms with Gasteiger partial charge >= 0.3 is 0 Å². The van der Waals surface area contributed by atoms with Crippen molar-refractivity contribution >= 4 is 17.5 Å². The Hall–Kier alpha value is -2.80. The van der Waals surface area contributed by atoms with Gasteiger partial charge in [-0.15, -0.1) is 5.10 Å². The van der Waals surface area contributed by atoms with E-state index in [0.717, 1.165) is 11.1 Å². The number of H-pyrrole nitrogens is 1. The van der Waals surface area contributed by atoms with Gasteiger partial charge in [0, 0.05) is 17.1 Å². The van der Waals surface area contributed by atoms with Gasteiger partial charge in [-0.25, -0.2) is 0 Å². The molecule has 1 aromatic heterocycles. The zero-order valence-corrected chi connectivity index (χ0v) is 14.5. The molecule has 0 aliphatic rings. The molecule has 8 heteroatoms. The molecule has 0 spiro atoms. The van der Waals surface area contributed by atoms with E-state index in [9.17, 15) is 0 Å². The van der Waals surface area contributed by atoms with Crippen molar-refractivity contribution in [2.45, 2.75) is 20.1 Å². The molecule has 0 amide bonds. The fourth-order valence-electron chi connectivity index (χ4n) is 2.24. The lowest BCUT2D eigenvalue weighted by Gasteiger charge is -2.14. The predicted molar refractivity (Wildman–Crippen MR) is 94.9 cm³/mol. The van der Waals surface area contributed by atoms with Crippen LogP contribution in [0.25, 0.3) is 0 Å². The lowest BCUT2D eigenvalue weighted by atomic mass is 10.2. The maximum atomic E-state index is 6.17. The summed E-state index contributed by atoms with van der Waals surface area (Å²) in [5.41, 5.74) is 1.94. The predicted octanol–water partition coefficient (Wildman–Crippen LogP) is 3.44. The first-order valence-electron chi connectivity index (χ1n) is 7.85. The van der Waals surface area contributed by atoms with Crippen LogP contribution >= 0.6 is 11.6 Å². The van der Waals surface area contributed by atoms with Gasteiger partial charge in [0.2, 0.25) is 0 Å². The molecule has 0 saturated heterocycles. The van der Waals surface area contributed by atoms with Gasteiger partial charge in [-0.05, 0) is 35.9 Å². The fourth-order valence-corrected chi connectivity index (χ4v) is 2.43. The summed E-state index contributed by atoms with van der Waals surface area (Å²) in [5, 5.41) is 17.3. The summed E-state index contributed by atoms with van der Waals surface area (Å²) >= 11 is 6.17. The number of aromatic amines is 1. The van der Waals surface area contributed by atoms with Crippen molar-refractivity contribution in [1.29, 1.82) is 0 Å². The Kier molecular flexibility index (Phi) is 5.69. The van der Waals surface area contributed by atoms with Crippen LogP contribution in [0.1, 0.15) is 18.1 Å². The quantitative estimate of drug-likeness (QED) is 0.640. The van der Waals surface area contributed by atoms with Gasteiger partial charge in [0.25, 0.3) is 5.95 Å². The number of nitrogens with one attached hydrogen (secondary N) is 2. The summed E-state index contributed by atoms with van der Waals surface area (Å²) in [5.74, 6) is 1.80. The Morgan fingerprint density at radius 3 is 2.76 bits per heavy atom. The minimum absolute atomic E-state index is 0.375. The van der Waals surface area contributed by atoms with Crippen LogP contribution in [0.5, 0.6) is 11.5 Å². The first-order chi connectivity index (χ1) is 12.3. The number of aromatic nitrogens is 4. The first-order valence-corrected chi connectivity index (χ1v) is 8.23. The lowest BCUT2D eigenvalue weighted by molar-refractivity contribution is 0.269. The third kappa shape index (κ3) is 4.60. The van der Waals surface area contributed by atoms with Crippen molar-refractivity contribution in [3.05, 3.63) is 58.6 Å². The fraction of sp³-hybridized carbons (Fsp3) is 0.235. The van der Waals surface area contributed by atoms with Crippen molar-refractivity contribution in [1.82, 2.24) is 20.6 Å². The highest BCUT2D eigenvalue weighted by Crippen LogP contribution is 2.30. The molecule has 25 heavy (non-hydrogen) atoms. The molecule has 0 fully saturated rings. The number of anilines is 1. The van der Waals surface area contributed by atoms with E-state index in [2.05, 4.69) is 25.9 Å². The standard InChI is InChI=1S/C17H18ClN5O2/c1-2-24-16-9-12(10-19-17-20-22-23-21-17)7-8-15(16)25-11-13-5-3-4-6-14(13)18/h3-9H,2,10-11H2,1H3,(H2,19,20,21,22,23). The molecule has 3 rings (SSSR count). The van der Waals surface area contributed by atoms with Crippen LogP contribution in [-0.4, -0.2) is 27.2 Å². The van der Waals surface area contributed by atoms with E-state index in [0.29, 0.717) is 42.2 Å². The summed E-state index contributed by atoms with van der Waals surface area (Å²) in [6.07, 6.45) is 0. The topological polar surface area (TPSA) is 85.0 Å². The summed E-state index contributed by atoms with van der Waals surface area (Å²) in [7, 11) is 0. The molecule has 0 atom stereocenters. The average molecular weight is 360 g/mol. The summed E-state index contributed by atoms with van der Waals surface area (Å²) in [6, 6.07) is 13.4. The molecule has 0 radical (unpaired) electrons. The third-order valence-electron chi connectivity index (χ3n) is 3.44. The molecule has 0 saturated carbocycles. The average Bonchev–Trinajstić information content (AvgIpc) is 3.14. The normalized spacial score (nSPS) is 10.5. The highest BCUT2D eigenvalue weighted by molar-refractivity contribution is 6.31. The third-order valence-corrected chi connectivity index (χ3v) is 3.81. The SMILES string of the molecule is CCOc1cc(CNc2nn[nH]n2)ccc1OCc1ccccc1Cl. The minimum Gasteiger partial charge on any atom is -0.490 e. The highest BCUT2D eigenvalue weighted by atomic mass is 35.5. The zero-order valence-electron chi connectivity index (χ0n) is 13.7. The van der Waals surface area contributed by atoms with E-state index < -0.39 is 0 Å². The van der Waals surface area contributed by atoms with E-state index in [1.807, 2.05) is 49.4 Å². The van der Waals surface area contributed by atoms with Gasteiger partial charge in [0.05, 0.1) is 6.61 Å². The van der Waals surface area contributed by atoms with Crippen molar-refractivity contribution in [3.8, 4) is 11.5 Å². The van der Waals surface area contributed by atoms with Crippen LogP contribution < -0.4 is 14.8 Å².